The number of nitrogens with zero attached hydrogens (tertiary/aromatic N) is 4. The number of benzene rings is 1. The molecule has 6 N–H and O–H groups in total. The zero-order chi connectivity index (χ0) is 26.4. The van der Waals surface area contributed by atoms with Crippen molar-refractivity contribution in [1.29, 1.82) is 0 Å². The van der Waals surface area contributed by atoms with E-state index in [0.717, 1.165) is 16.7 Å². The summed E-state index contributed by atoms with van der Waals surface area (Å²) in [6.45, 7) is -0.939. The minimum atomic E-state index is -4.91. The Morgan fingerprint density at radius 2 is 1.97 bits per heavy atom. The van der Waals surface area contributed by atoms with Crippen LogP contribution in [-0.2, 0) is 20.4 Å². The van der Waals surface area contributed by atoms with Gasteiger partial charge in [-0.15, -0.1) is 13.2 Å². The minimum Gasteiger partial charge on any atom is -0.856 e. The Labute approximate surface area is 199 Å². The van der Waals surface area contributed by atoms with Crippen LogP contribution in [0.2, 0.25) is 0 Å². The summed E-state index contributed by atoms with van der Waals surface area (Å²) in [5.41, 5.74) is 5.60. The van der Waals surface area contributed by atoms with E-state index in [1.165, 1.54) is 23.0 Å². The maximum Gasteiger partial charge on any atom is 0.573 e. The summed E-state index contributed by atoms with van der Waals surface area (Å²) in [6.07, 6.45) is -9.76. The van der Waals surface area contributed by atoms with Crippen molar-refractivity contribution in [3.8, 4) is 11.6 Å². The Kier molecular flexibility index (Phi) is 6.82. The lowest BCUT2D eigenvalue weighted by molar-refractivity contribution is -0.745. The summed E-state index contributed by atoms with van der Waals surface area (Å²) in [7, 11) is -4.90. The Balaban J connectivity index is 1.70. The molecule has 0 amide bonds. The highest BCUT2D eigenvalue weighted by Gasteiger charge is 2.47. The number of alkyl halides is 3. The second-order valence-corrected chi connectivity index (χ2v) is 8.98. The first-order valence-electron chi connectivity index (χ1n) is 10.0. The highest BCUT2D eigenvalue weighted by Crippen LogP contribution is 2.38. The van der Waals surface area contributed by atoms with Crippen LogP contribution >= 0.6 is 7.82 Å². The number of phosphoric ester groups is 1. The molecule has 36 heavy (non-hydrogen) atoms. The molecule has 1 fully saturated rings. The smallest absolute Gasteiger partial charge is 0.573 e. The van der Waals surface area contributed by atoms with Gasteiger partial charge in [-0.1, -0.05) is 17.1 Å². The molecule has 2 aromatic heterocycles. The molecular formula is C18H19F3N5O9P. The Bertz CT molecular complexity index is 1320. The van der Waals surface area contributed by atoms with E-state index in [-0.39, 0.29) is 23.3 Å². The number of ether oxygens (including phenoxy) is 2. The molecular weight excluding hydrogens is 518 g/mol. The molecule has 1 aliphatic rings. The topological polar surface area (TPSA) is 209 Å². The first-order valence-corrected chi connectivity index (χ1v) is 11.6. The predicted octanol–water partition coefficient (Wildman–Crippen LogP) is -0.950. The van der Waals surface area contributed by atoms with Crippen LogP contribution in [0.4, 0.5) is 19.1 Å². The van der Waals surface area contributed by atoms with E-state index in [9.17, 15) is 33.1 Å². The summed E-state index contributed by atoms with van der Waals surface area (Å²) >= 11 is 0. The van der Waals surface area contributed by atoms with E-state index in [0.29, 0.717) is 0 Å². The van der Waals surface area contributed by atoms with Gasteiger partial charge in [-0.2, -0.15) is 0 Å². The molecule has 1 aliphatic heterocycles. The van der Waals surface area contributed by atoms with E-state index >= 15 is 0 Å². The Morgan fingerprint density at radius 3 is 2.64 bits per heavy atom. The molecule has 1 saturated heterocycles. The van der Waals surface area contributed by atoms with E-state index < -0.39 is 62.9 Å². The summed E-state index contributed by atoms with van der Waals surface area (Å²) in [6, 6.07) is 4.99. The standard InChI is InChI=1S/C18H19F3N5O9P/c19-18(20,21)35-9-3-1-2-8(4-9)5-25-7-26(14-11(25)15(29)24-17(22)23-14)16-13(28)12(27)10(34-16)6-33-36(30,31)32/h1-4,7,10,12-13,16,27-28H,5-6H2,(H4-,22,23,24,29,30,31,32)/t10-,12-,13-,16-/m0/s1. The van der Waals surface area contributed by atoms with Crippen molar-refractivity contribution < 1.29 is 61.4 Å². The number of aromatic nitrogens is 4. The van der Waals surface area contributed by atoms with Crippen molar-refractivity contribution in [1.82, 2.24) is 14.5 Å². The van der Waals surface area contributed by atoms with Crippen LogP contribution in [0, 0.1) is 0 Å². The third-order valence-electron chi connectivity index (χ3n) is 5.15. The molecule has 14 nitrogen and oxygen atoms in total. The number of aliphatic hydroxyl groups excluding tert-OH is 2. The van der Waals surface area contributed by atoms with E-state index in [4.69, 9.17) is 20.3 Å². The van der Waals surface area contributed by atoms with Gasteiger partial charge in [-0.3, -0.25) is 9.09 Å². The number of nitrogen functional groups attached to an aromatic ring is 1. The summed E-state index contributed by atoms with van der Waals surface area (Å²) < 4.78 is 64.9. The number of anilines is 1. The Hall–Kier alpha value is -3.05. The molecule has 0 radical (unpaired) electrons. The van der Waals surface area contributed by atoms with Gasteiger partial charge in [0, 0.05) is 5.88 Å². The fraction of sp³-hybridized carbons (Fsp3) is 0.389. The number of aliphatic hydroxyl groups is 2. The van der Waals surface area contributed by atoms with Gasteiger partial charge in [-0.05, 0) is 17.7 Å². The average Bonchev–Trinajstić information content (AvgIpc) is 3.22. The molecule has 4 rings (SSSR count). The number of halogens is 3. The lowest BCUT2D eigenvalue weighted by Crippen LogP contribution is -2.46. The SMILES string of the molecule is Nc1nc([O-])c2c(n1)[n+]([C@H]1O[C@@H](COP(=O)(O)O)[C@H](O)[C@@H]1O)cn2Cc1cccc(OC(F)(F)F)c1. The van der Waals surface area contributed by atoms with Gasteiger partial charge in [-0.25, -0.2) is 14.1 Å². The van der Waals surface area contributed by atoms with Gasteiger partial charge >= 0.3 is 19.8 Å². The zero-order valence-electron chi connectivity index (χ0n) is 17.9. The number of phosphoric acid groups is 1. The highest BCUT2D eigenvalue weighted by molar-refractivity contribution is 7.46. The molecule has 0 spiro atoms. The van der Waals surface area contributed by atoms with Crippen molar-refractivity contribution in [2.24, 2.45) is 0 Å². The van der Waals surface area contributed by atoms with Crippen molar-refractivity contribution >= 4 is 24.9 Å². The first-order chi connectivity index (χ1) is 16.7. The van der Waals surface area contributed by atoms with Crippen molar-refractivity contribution in [3.63, 3.8) is 0 Å². The number of hydrogen-bond acceptors (Lipinski definition) is 10. The molecule has 3 aromatic rings. The lowest BCUT2D eigenvalue weighted by Gasteiger charge is -2.14. The second-order valence-electron chi connectivity index (χ2n) is 7.74. The van der Waals surface area contributed by atoms with Crippen LogP contribution in [0.15, 0.2) is 30.6 Å². The van der Waals surface area contributed by atoms with Crippen molar-refractivity contribution in [3.05, 3.63) is 36.2 Å². The number of nitrogens with two attached hydrogens (primary N) is 1. The molecule has 3 heterocycles. The molecule has 196 valence electrons. The fourth-order valence-electron chi connectivity index (χ4n) is 3.74. The summed E-state index contributed by atoms with van der Waals surface area (Å²) in [4.78, 5) is 25.3. The lowest BCUT2D eigenvalue weighted by atomic mass is 10.1. The van der Waals surface area contributed by atoms with Gasteiger partial charge in [0.25, 0.3) is 5.95 Å². The normalized spacial score (nSPS) is 22.9. The molecule has 0 bridgehead atoms. The van der Waals surface area contributed by atoms with Crippen molar-refractivity contribution in [2.75, 3.05) is 12.3 Å². The maximum atomic E-state index is 12.6. The molecule has 1 aromatic carbocycles. The minimum absolute atomic E-state index is 0.136. The number of fused-ring (bicyclic) bond motifs is 1. The molecule has 0 saturated carbocycles. The second kappa shape index (κ2) is 9.44. The first kappa shape index (κ1) is 26.0. The van der Waals surface area contributed by atoms with Gasteiger partial charge in [0.15, 0.2) is 11.8 Å². The number of rotatable bonds is 7. The third kappa shape index (κ3) is 5.67. The van der Waals surface area contributed by atoms with Crippen LogP contribution in [0.3, 0.4) is 0 Å². The summed E-state index contributed by atoms with van der Waals surface area (Å²) in [5.74, 6) is -1.75. The van der Waals surface area contributed by atoms with Crippen LogP contribution in [0.25, 0.3) is 11.2 Å². The zero-order valence-corrected chi connectivity index (χ0v) is 18.8. The fourth-order valence-corrected chi connectivity index (χ4v) is 4.09. The maximum absolute atomic E-state index is 12.6. The number of hydrogen-bond donors (Lipinski definition) is 5. The van der Waals surface area contributed by atoms with Gasteiger partial charge in [0.05, 0.1) is 13.2 Å². The molecule has 0 unspecified atom stereocenters. The highest BCUT2D eigenvalue weighted by atomic mass is 31.2. The molecule has 4 atom stereocenters. The molecule has 0 aliphatic carbocycles. The third-order valence-corrected chi connectivity index (χ3v) is 5.64. The number of imidazole rings is 1. The average molecular weight is 537 g/mol. The van der Waals surface area contributed by atoms with Crippen molar-refractivity contribution in [2.45, 2.75) is 37.4 Å². The van der Waals surface area contributed by atoms with Gasteiger partial charge in [0.2, 0.25) is 6.23 Å². The summed E-state index contributed by atoms with van der Waals surface area (Å²) in [5, 5.41) is 33.4. The van der Waals surface area contributed by atoms with Gasteiger partial charge in [0.1, 0.15) is 24.1 Å². The monoisotopic (exact) mass is 537 g/mol. The largest absolute Gasteiger partial charge is 0.856 e. The van der Waals surface area contributed by atoms with Gasteiger partial charge < -0.3 is 40.3 Å². The van der Waals surface area contributed by atoms with Crippen LogP contribution in [0.1, 0.15) is 11.8 Å². The molecule has 18 heteroatoms. The van der Waals surface area contributed by atoms with Crippen LogP contribution in [0.5, 0.6) is 11.6 Å². The van der Waals surface area contributed by atoms with E-state index in [2.05, 4.69) is 19.2 Å². The van der Waals surface area contributed by atoms with Crippen LogP contribution in [-0.4, -0.2) is 65.8 Å². The predicted molar refractivity (Wildman–Crippen MR) is 108 cm³/mol. The van der Waals surface area contributed by atoms with E-state index in [1.807, 2.05) is 0 Å². The van der Waals surface area contributed by atoms with Crippen LogP contribution < -0.4 is 20.1 Å². The van der Waals surface area contributed by atoms with E-state index in [1.54, 1.807) is 0 Å². The Morgan fingerprint density at radius 1 is 1.25 bits per heavy atom. The quantitative estimate of drug-likeness (QED) is 0.183.